The van der Waals surface area contributed by atoms with Gasteiger partial charge in [0.25, 0.3) is 0 Å². The van der Waals surface area contributed by atoms with Crippen molar-refractivity contribution in [2.24, 2.45) is 0 Å². The zero-order valence-electron chi connectivity index (χ0n) is 12.4. The number of likely N-dealkylation sites (tertiary alicyclic amines) is 1. The van der Waals surface area contributed by atoms with Crippen LogP contribution in [-0.2, 0) is 0 Å². The van der Waals surface area contributed by atoms with Gasteiger partial charge in [0.1, 0.15) is 11.9 Å². The van der Waals surface area contributed by atoms with Gasteiger partial charge in [-0.2, -0.15) is 0 Å². The molecule has 4 nitrogen and oxygen atoms in total. The van der Waals surface area contributed by atoms with E-state index in [2.05, 4.69) is 32.0 Å². The summed E-state index contributed by atoms with van der Waals surface area (Å²) in [5, 5.41) is 8.94. The number of piperidine rings is 1. The van der Waals surface area contributed by atoms with E-state index in [9.17, 15) is 4.79 Å². The molecule has 110 valence electrons. The van der Waals surface area contributed by atoms with Crippen molar-refractivity contribution in [3.8, 4) is 5.75 Å². The molecular weight excluding hydrogens is 254 g/mol. The maximum absolute atomic E-state index is 10.9. The SMILES string of the molecule is Cc1ccc(C(C)C)cc1OC1CCN(C(=O)O)CC1. The maximum atomic E-state index is 10.9. The van der Waals surface area contributed by atoms with E-state index in [0.29, 0.717) is 19.0 Å². The minimum atomic E-state index is -0.832. The van der Waals surface area contributed by atoms with E-state index in [4.69, 9.17) is 9.84 Å². The Bertz CT molecular complexity index is 477. The molecule has 0 aromatic heterocycles. The van der Waals surface area contributed by atoms with E-state index < -0.39 is 6.09 Å². The van der Waals surface area contributed by atoms with E-state index in [0.717, 1.165) is 24.2 Å². The van der Waals surface area contributed by atoms with E-state index in [1.54, 1.807) is 0 Å². The molecule has 0 atom stereocenters. The number of amides is 1. The number of hydrogen-bond donors (Lipinski definition) is 1. The summed E-state index contributed by atoms with van der Waals surface area (Å²) in [6.45, 7) is 7.50. The number of carbonyl (C=O) groups is 1. The third kappa shape index (κ3) is 3.44. The standard InChI is InChI=1S/C16H23NO3/c1-11(2)13-5-4-12(3)15(10-13)20-14-6-8-17(9-7-14)16(18)19/h4-5,10-11,14H,6-9H2,1-3H3,(H,18,19). The Labute approximate surface area is 120 Å². The van der Waals surface area contributed by atoms with E-state index in [1.165, 1.54) is 10.5 Å². The minimum absolute atomic E-state index is 0.117. The minimum Gasteiger partial charge on any atom is -0.490 e. The number of carboxylic acid groups (broad SMARTS) is 1. The van der Waals surface area contributed by atoms with Crippen molar-refractivity contribution < 1.29 is 14.6 Å². The van der Waals surface area contributed by atoms with Gasteiger partial charge in [0.05, 0.1) is 0 Å². The lowest BCUT2D eigenvalue weighted by Crippen LogP contribution is -2.41. The second kappa shape index (κ2) is 6.16. The van der Waals surface area contributed by atoms with E-state index in [-0.39, 0.29) is 6.10 Å². The third-order valence-electron chi connectivity index (χ3n) is 3.89. The van der Waals surface area contributed by atoms with Gasteiger partial charge in [0.15, 0.2) is 0 Å². The van der Waals surface area contributed by atoms with Crippen molar-refractivity contribution in [2.75, 3.05) is 13.1 Å². The van der Waals surface area contributed by atoms with Gasteiger partial charge in [-0.25, -0.2) is 4.79 Å². The molecule has 1 amide bonds. The van der Waals surface area contributed by atoms with Crippen LogP contribution in [0.5, 0.6) is 5.75 Å². The average Bonchev–Trinajstić information content (AvgIpc) is 2.41. The molecule has 0 saturated carbocycles. The Morgan fingerprint density at radius 1 is 1.35 bits per heavy atom. The fourth-order valence-corrected chi connectivity index (χ4v) is 2.45. The van der Waals surface area contributed by atoms with Crippen LogP contribution in [0.4, 0.5) is 4.79 Å². The van der Waals surface area contributed by atoms with Crippen molar-refractivity contribution in [3.05, 3.63) is 29.3 Å². The first-order valence-electron chi connectivity index (χ1n) is 7.22. The lowest BCUT2D eigenvalue weighted by Gasteiger charge is -2.30. The molecule has 1 heterocycles. The van der Waals surface area contributed by atoms with Crippen LogP contribution in [0.3, 0.4) is 0 Å². The fourth-order valence-electron chi connectivity index (χ4n) is 2.45. The van der Waals surface area contributed by atoms with Crippen molar-refractivity contribution in [3.63, 3.8) is 0 Å². The summed E-state index contributed by atoms with van der Waals surface area (Å²) >= 11 is 0. The molecule has 1 aromatic carbocycles. The monoisotopic (exact) mass is 277 g/mol. The topological polar surface area (TPSA) is 49.8 Å². The average molecular weight is 277 g/mol. The van der Waals surface area contributed by atoms with Crippen LogP contribution >= 0.6 is 0 Å². The first kappa shape index (κ1) is 14.7. The summed E-state index contributed by atoms with van der Waals surface area (Å²) in [6, 6.07) is 6.35. The number of ether oxygens (including phenoxy) is 1. The predicted molar refractivity (Wildman–Crippen MR) is 78.5 cm³/mol. The Morgan fingerprint density at radius 2 is 2.00 bits per heavy atom. The third-order valence-corrected chi connectivity index (χ3v) is 3.89. The molecule has 1 saturated heterocycles. The lowest BCUT2D eigenvalue weighted by molar-refractivity contribution is 0.0890. The first-order chi connectivity index (χ1) is 9.47. The molecular formula is C16H23NO3. The highest BCUT2D eigenvalue weighted by atomic mass is 16.5. The van der Waals surface area contributed by atoms with Gasteiger partial charge in [-0.3, -0.25) is 0 Å². The number of hydrogen-bond acceptors (Lipinski definition) is 2. The number of aryl methyl sites for hydroxylation is 1. The summed E-state index contributed by atoms with van der Waals surface area (Å²) in [5.41, 5.74) is 2.41. The van der Waals surface area contributed by atoms with Gasteiger partial charge in [-0.1, -0.05) is 26.0 Å². The van der Waals surface area contributed by atoms with Crippen LogP contribution < -0.4 is 4.74 Å². The molecule has 2 rings (SSSR count). The number of benzene rings is 1. The molecule has 1 aliphatic rings. The Hall–Kier alpha value is -1.71. The van der Waals surface area contributed by atoms with E-state index in [1.807, 2.05) is 6.92 Å². The van der Waals surface area contributed by atoms with Crippen LogP contribution in [0.25, 0.3) is 0 Å². The largest absolute Gasteiger partial charge is 0.490 e. The molecule has 4 heteroatoms. The zero-order valence-corrected chi connectivity index (χ0v) is 12.4. The van der Waals surface area contributed by atoms with Gasteiger partial charge in [0.2, 0.25) is 0 Å². The van der Waals surface area contributed by atoms with Gasteiger partial charge < -0.3 is 14.7 Å². The molecule has 1 aromatic rings. The van der Waals surface area contributed by atoms with Crippen LogP contribution in [0.1, 0.15) is 43.7 Å². The Balaban J connectivity index is 2.00. The smallest absolute Gasteiger partial charge is 0.407 e. The molecule has 20 heavy (non-hydrogen) atoms. The molecule has 1 fully saturated rings. The van der Waals surface area contributed by atoms with Crippen molar-refractivity contribution in [2.45, 2.75) is 45.6 Å². The maximum Gasteiger partial charge on any atom is 0.407 e. The van der Waals surface area contributed by atoms with Gasteiger partial charge in [0, 0.05) is 25.9 Å². The second-order valence-electron chi connectivity index (χ2n) is 5.77. The normalized spacial score (nSPS) is 16.5. The summed E-state index contributed by atoms with van der Waals surface area (Å²) in [4.78, 5) is 12.3. The van der Waals surface area contributed by atoms with Crippen LogP contribution in [0.2, 0.25) is 0 Å². The second-order valence-corrected chi connectivity index (χ2v) is 5.77. The molecule has 0 bridgehead atoms. The zero-order chi connectivity index (χ0) is 14.7. The quantitative estimate of drug-likeness (QED) is 0.917. The molecule has 0 aliphatic carbocycles. The molecule has 0 unspecified atom stereocenters. The summed E-state index contributed by atoms with van der Waals surface area (Å²) in [5.74, 6) is 1.41. The first-order valence-corrected chi connectivity index (χ1v) is 7.22. The molecule has 0 spiro atoms. The van der Waals surface area contributed by atoms with Gasteiger partial charge in [-0.15, -0.1) is 0 Å². The highest BCUT2D eigenvalue weighted by Gasteiger charge is 2.23. The Kier molecular flexibility index (Phi) is 4.53. The summed E-state index contributed by atoms with van der Waals surface area (Å²) in [7, 11) is 0. The number of rotatable bonds is 3. The molecule has 1 N–H and O–H groups in total. The highest BCUT2D eigenvalue weighted by Crippen LogP contribution is 2.27. The van der Waals surface area contributed by atoms with Crippen LogP contribution in [0, 0.1) is 6.92 Å². The number of nitrogens with zero attached hydrogens (tertiary/aromatic N) is 1. The fraction of sp³-hybridized carbons (Fsp3) is 0.562. The van der Waals surface area contributed by atoms with Gasteiger partial charge in [-0.05, 0) is 30.0 Å². The van der Waals surface area contributed by atoms with Gasteiger partial charge >= 0.3 is 6.09 Å². The summed E-state index contributed by atoms with van der Waals surface area (Å²) < 4.78 is 6.09. The van der Waals surface area contributed by atoms with Crippen molar-refractivity contribution in [1.82, 2.24) is 4.90 Å². The highest BCUT2D eigenvalue weighted by molar-refractivity contribution is 5.65. The van der Waals surface area contributed by atoms with Crippen molar-refractivity contribution in [1.29, 1.82) is 0 Å². The van der Waals surface area contributed by atoms with E-state index >= 15 is 0 Å². The summed E-state index contributed by atoms with van der Waals surface area (Å²) in [6.07, 6.45) is 0.808. The Morgan fingerprint density at radius 3 is 2.55 bits per heavy atom. The molecule has 1 aliphatic heterocycles. The van der Waals surface area contributed by atoms with Crippen LogP contribution in [-0.4, -0.2) is 35.3 Å². The lowest BCUT2D eigenvalue weighted by atomic mass is 10.0. The predicted octanol–water partition coefficient (Wildman–Crippen LogP) is 3.64. The van der Waals surface area contributed by atoms with Crippen LogP contribution in [0.15, 0.2) is 18.2 Å². The van der Waals surface area contributed by atoms with Crippen molar-refractivity contribution >= 4 is 6.09 Å². The molecule has 0 radical (unpaired) electrons.